The van der Waals surface area contributed by atoms with E-state index in [9.17, 15) is 9.18 Å². The van der Waals surface area contributed by atoms with Gasteiger partial charge in [-0.3, -0.25) is 4.79 Å². The molecule has 5 nitrogen and oxygen atoms in total. The smallest absolute Gasteiger partial charge is 0.254 e. The van der Waals surface area contributed by atoms with Crippen molar-refractivity contribution in [2.24, 2.45) is 0 Å². The Balaban J connectivity index is 1.39. The minimum atomic E-state index is -0.336. The van der Waals surface area contributed by atoms with E-state index in [2.05, 4.69) is 40.5 Å². The number of piperazine rings is 1. The van der Waals surface area contributed by atoms with Crippen LogP contribution < -0.4 is 4.90 Å². The highest BCUT2D eigenvalue weighted by atomic mass is 32.1. The monoisotopic (exact) mass is 410 g/mol. The summed E-state index contributed by atoms with van der Waals surface area (Å²) in [4.78, 5) is 21.5. The molecule has 1 aliphatic heterocycles. The minimum absolute atomic E-state index is 0.0331. The van der Waals surface area contributed by atoms with Crippen LogP contribution in [0.25, 0.3) is 0 Å². The van der Waals surface area contributed by atoms with Crippen LogP contribution in [0.15, 0.2) is 48.5 Å². The molecule has 1 atom stereocenters. The molecule has 0 N–H and O–H groups in total. The first-order valence-corrected chi connectivity index (χ1v) is 10.5. The van der Waals surface area contributed by atoms with E-state index in [1.54, 1.807) is 12.1 Å². The number of rotatable bonds is 4. The number of halogens is 1. The Morgan fingerprint density at radius 2 is 1.86 bits per heavy atom. The van der Waals surface area contributed by atoms with E-state index in [1.165, 1.54) is 34.8 Å². The van der Waals surface area contributed by atoms with Gasteiger partial charge in [0.15, 0.2) is 0 Å². The molecule has 1 aliphatic rings. The Hall–Kier alpha value is -2.80. The van der Waals surface area contributed by atoms with Crippen LogP contribution in [0.4, 0.5) is 9.52 Å². The lowest BCUT2D eigenvalue weighted by Crippen LogP contribution is -2.54. The zero-order chi connectivity index (χ0) is 20.4. The van der Waals surface area contributed by atoms with Gasteiger partial charge in [0.1, 0.15) is 11.6 Å². The summed E-state index contributed by atoms with van der Waals surface area (Å²) in [7, 11) is 0. The normalized spacial score (nSPS) is 16.9. The summed E-state index contributed by atoms with van der Waals surface area (Å²) in [5.41, 5.74) is 2.95. The van der Waals surface area contributed by atoms with Gasteiger partial charge in [-0.15, -0.1) is 0 Å². The lowest BCUT2D eigenvalue weighted by molar-refractivity contribution is 0.0674. The molecule has 0 spiro atoms. The van der Waals surface area contributed by atoms with Gasteiger partial charge >= 0.3 is 0 Å². The molecule has 3 aromatic rings. The van der Waals surface area contributed by atoms with Gasteiger partial charge < -0.3 is 9.80 Å². The Morgan fingerprint density at radius 1 is 1.14 bits per heavy atom. The molecule has 150 valence electrons. The van der Waals surface area contributed by atoms with Gasteiger partial charge in [-0.05, 0) is 43.7 Å². The number of aromatic nitrogens is 2. The largest absolute Gasteiger partial charge is 0.343 e. The third-order valence-corrected chi connectivity index (χ3v) is 6.01. The van der Waals surface area contributed by atoms with Crippen molar-refractivity contribution < 1.29 is 9.18 Å². The second-order valence-corrected chi connectivity index (χ2v) is 8.19. The third kappa shape index (κ3) is 4.45. The summed E-state index contributed by atoms with van der Waals surface area (Å²) in [5.74, 6) is 0.429. The second kappa shape index (κ2) is 8.29. The van der Waals surface area contributed by atoms with Crippen molar-refractivity contribution in [2.45, 2.75) is 26.3 Å². The van der Waals surface area contributed by atoms with Crippen LogP contribution in [0.2, 0.25) is 0 Å². The molecule has 1 fully saturated rings. The van der Waals surface area contributed by atoms with Crippen LogP contribution in [0, 0.1) is 12.7 Å². The molecule has 2 heterocycles. The molecule has 7 heteroatoms. The first-order valence-electron chi connectivity index (χ1n) is 9.69. The molecular weight excluding hydrogens is 387 g/mol. The molecule has 0 bridgehead atoms. The maximum atomic E-state index is 13.1. The highest BCUT2D eigenvalue weighted by Crippen LogP contribution is 2.23. The number of nitrogens with zero attached hydrogens (tertiary/aromatic N) is 4. The number of hydrogen-bond donors (Lipinski definition) is 0. The molecule has 0 radical (unpaired) electrons. The van der Waals surface area contributed by atoms with Crippen molar-refractivity contribution in [3.05, 3.63) is 76.9 Å². The molecule has 1 amide bonds. The van der Waals surface area contributed by atoms with Crippen molar-refractivity contribution in [3.8, 4) is 0 Å². The number of carbonyl (C=O) groups is 1. The topological polar surface area (TPSA) is 49.3 Å². The lowest BCUT2D eigenvalue weighted by Gasteiger charge is -2.39. The summed E-state index contributed by atoms with van der Waals surface area (Å²) in [6.45, 7) is 6.11. The van der Waals surface area contributed by atoms with E-state index in [0.29, 0.717) is 25.2 Å². The van der Waals surface area contributed by atoms with E-state index < -0.39 is 0 Å². The maximum Gasteiger partial charge on any atom is 0.254 e. The van der Waals surface area contributed by atoms with Gasteiger partial charge in [0.05, 0.1) is 0 Å². The van der Waals surface area contributed by atoms with Crippen LogP contribution in [0.1, 0.15) is 34.2 Å². The van der Waals surface area contributed by atoms with E-state index in [0.717, 1.165) is 17.4 Å². The number of aryl methyl sites for hydroxylation is 1. The van der Waals surface area contributed by atoms with Crippen molar-refractivity contribution in [1.82, 2.24) is 14.3 Å². The van der Waals surface area contributed by atoms with Gasteiger partial charge in [-0.1, -0.05) is 29.8 Å². The molecule has 1 aromatic heterocycles. The fraction of sp³-hybridized carbons (Fsp3) is 0.318. The quantitative estimate of drug-likeness (QED) is 0.654. The average molecular weight is 411 g/mol. The summed E-state index contributed by atoms with van der Waals surface area (Å²) in [6, 6.07) is 14.2. The number of anilines is 1. The van der Waals surface area contributed by atoms with Crippen LogP contribution in [0.3, 0.4) is 0 Å². The Labute approximate surface area is 174 Å². The van der Waals surface area contributed by atoms with E-state index >= 15 is 0 Å². The first kappa shape index (κ1) is 19.5. The van der Waals surface area contributed by atoms with Gasteiger partial charge in [-0.2, -0.15) is 4.37 Å². The second-order valence-electron chi connectivity index (χ2n) is 7.46. The highest BCUT2D eigenvalue weighted by Gasteiger charge is 2.29. The zero-order valence-electron chi connectivity index (χ0n) is 16.5. The molecule has 29 heavy (non-hydrogen) atoms. The fourth-order valence-corrected chi connectivity index (χ4v) is 4.24. The van der Waals surface area contributed by atoms with Crippen molar-refractivity contribution in [2.75, 3.05) is 24.5 Å². The standard InChI is InChI=1S/C22H23FN4OS/c1-15-3-5-17(6-4-15)13-20-24-22(29-25-20)26-11-12-27(16(2)14-26)21(28)18-7-9-19(23)10-8-18/h3-10,16H,11-14H2,1-2H3/t16-/m1/s1. The fourth-order valence-electron chi connectivity index (χ4n) is 3.52. The van der Waals surface area contributed by atoms with Gasteiger partial charge in [0.25, 0.3) is 5.91 Å². The van der Waals surface area contributed by atoms with Gasteiger partial charge in [0, 0.05) is 49.2 Å². The van der Waals surface area contributed by atoms with Crippen molar-refractivity contribution in [3.63, 3.8) is 0 Å². The molecular formula is C22H23FN4OS. The highest BCUT2D eigenvalue weighted by molar-refractivity contribution is 7.09. The van der Waals surface area contributed by atoms with Crippen LogP contribution in [-0.2, 0) is 6.42 Å². The van der Waals surface area contributed by atoms with Gasteiger partial charge in [-0.25, -0.2) is 9.37 Å². The number of benzene rings is 2. The number of carbonyl (C=O) groups excluding carboxylic acids is 1. The molecule has 0 unspecified atom stereocenters. The minimum Gasteiger partial charge on any atom is -0.343 e. The predicted octanol–water partition coefficient (Wildman–Crippen LogP) is 3.93. The number of hydrogen-bond acceptors (Lipinski definition) is 5. The summed E-state index contributed by atoms with van der Waals surface area (Å²) < 4.78 is 17.6. The van der Waals surface area contributed by atoms with E-state index in [4.69, 9.17) is 4.98 Å². The van der Waals surface area contributed by atoms with Crippen molar-refractivity contribution in [1.29, 1.82) is 0 Å². The van der Waals surface area contributed by atoms with Crippen LogP contribution >= 0.6 is 11.5 Å². The van der Waals surface area contributed by atoms with E-state index in [-0.39, 0.29) is 17.8 Å². The first-order chi connectivity index (χ1) is 14.0. The maximum absolute atomic E-state index is 13.1. The zero-order valence-corrected chi connectivity index (χ0v) is 17.3. The third-order valence-electron chi connectivity index (χ3n) is 5.19. The molecule has 0 saturated carbocycles. The lowest BCUT2D eigenvalue weighted by atomic mass is 10.1. The Kier molecular flexibility index (Phi) is 5.58. The predicted molar refractivity (Wildman–Crippen MR) is 113 cm³/mol. The van der Waals surface area contributed by atoms with Crippen LogP contribution in [0.5, 0.6) is 0 Å². The van der Waals surface area contributed by atoms with Crippen LogP contribution in [-0.4, -0.2) is 45.8 Å². The molecule has 2 aromatic carbocycles. The molecule has 4 rings (SSSR count). The average Bonchev–Trinajstić information content (AvgIpc) is 3.18. The van der Waals surface area contributed by atoms with Crippen molar-refractivity contribution >= 4 is 22.6 Å². The summed E-state index contributed by atoms with van der Waals surface area (Å²) in [5, 5.41) is 0.896. The molecule has 1 saturated heterocycles. The SMILES string of the molecule is Cc1ccc(Cc2nsc(N3CCN(C(=O)c4ccc(F)cc4)[C@H](C)C3)n2)cc1. The van der Waals surface area contributed by atoms with E-state index in [1.807, 2.05) is 11.8 Å². The summed E-state index contributed by atoms with van der Waals surface area (Å²) >= 11 is 1.41. The van der Waals surface area contributed by atoms with Gasteiger partial charge in [0.2, 0.25) is 5.13 Å². The summed E-state index contributed by atoms with van der Waals surface area (Å²) in [6.07, 6.45) is 0.718. The molecule has 0 aliphatic carbocycles. The Bertz CT molecular complexity index is 987. The number of amides is 1. The Morgan fingerprint density at radius 3 is 2.55 bits per heavy atom.